The molecule has 0 heterocycles. The monoisotopic (exact) mass is 205 g/mol. The second-order valence-electron chi connectivity index (χ2n) is 4.12. The number of aryl methyl sites for hydroxylation is 1. The van der Waals surface area contributed by atoms with Gasteiger partial charge in [-0.05, 0) is 31.4 Å². The van der Waals surface area contributed by atoms with Crippen LogP contribution in [0.25, 0.3) is 0 Å². The van der Waals surface area contributed by atoms with E-state index in [1.54, 1.807) is 6.07 Å². The second kappa shape index (κ2) is 4.03. The number of aromatic carboxylic acids is 1. The van der Waals surface area contributed by atoms with Crippen molar-refractivity contribution < 1.29 is 9.90 Å². The molecule has 1 aromatic carbocycles. The summed E-state index contributed by atoms with van der Waals surface area (Å²) in [4.78, 5) is 11.0. The highest BCUT2D eigenvalue weighted by molar-refractivity contribution is 5.89. The van der Waals surface area contributed by atoms with Crippen LogP contribution in [0.1, 0.15) is 34.3 Å². The summed E-state index contributed by atoms with van der Waals surface area (Å²) in [6, 6.07) is 6.18. The van der Waals surface area contributed by atoms with Gasteiger partial charge in [-0.2, -0.15) is 0 Å². The highest BCUT2D eigenvalue weighted by Crippen LogP contribution is 2.20. The molecule has 0 spiro atoms. The van der Waals surface area contributed by atoms with E-state index in [2.05, 4.69) is 5.32 Å². The summed E-state index contributed by atoms with van der Waals surface area (Å²) in [7, 11) is 0. The first-order valence-electron chi connectivity index (χ1n) is 5.23. The molecule has 2 N–H and O–H groups in total. The van der Waals surface area contributed by atoms with E-state index in [1.165, 1.54) is 12.8 Å². The van der Waals surface area contributed by atoms with Crippen LogP contribution in [0.2, 0.25) is 0 Å². The first-order valence-corrected chi connectivity index (χ1v) is 5.23. The van der Waals surface area contributed by atoms with Crippen molar-refractivity contribution >= 4 is 5.97 Å². The first-order chi connectivity index (χ1) is 7.16. The van der Waals surface area contributed by atoms with Crippen molar-refractivity contribution in [2.24, 2.45) is 0 Å². The average Bonchev–Trinajstić information content (AvgIpc) is 2.99. The zero-order valence-corrected chi connectivity index (χ0v) is 8.79. The predicted octanol–water partition coefficient (Wildman–Crippen LogP) is 1.95. The van der Waals surface area contributed by atoms with E-state index in [1.807, 2.05) is 19.1 Å². The lowest BCUT2D eigenvalue weighted by Crippen LogP contribution is -2.17. The molecule has 0 bridgehead atoms. The van der Waals surface area contributed by atoms with Gasteiger partial charge in [-0.1, -0.05) is 17.7 Å². The Hall–Kier alpha value is -1.35. The number of carboxylic acid groups (broad SMARTS) is 1. The van der Waals surface area contributed by atoms with Crippen molar-refractivity contribution in [3.8, 4) is 0 Å². The topological polar surface area (TPSA) is 49.3 Å². The van der Waals surface area contributed by atoms with E-state index in [4.69, 9.17) is 5.11 Å². The third kappa shape index (κ3) is 2.57. The maximum atomic E-state index is 11.0. The zero-order chi connectivity index (χ0) is 10.8. The van der Waals surface area contributed by atoms with Crippen LogP contribution in [0.3, 0.4) is 0 Å². The molecule has 0 atom stereocenters. The Kier molecular flexibility index (Phi) is 2.73. The maximum absolute atomic E-state index is 11.0. The van der Waals surface area contributed by atoms with Crippen molar-refractivity contribution in [2.75, 3.05) is 0 Å². The van der Waals surface area contributed by atoms with Crippen LogP contribution in [0, 0.1) is 6.92 Å². The lowest BCUT2D eigenvalue weighted by Gasteiger charge is -2.07. The van der Waals surface area contributed by atoms with E-state index in [0.717, 1.165) is 11.1 Å². The minimum Gasteiger partial charge on any atom is -0.478 e. The van der Waals surface area contributed by atoms with Crippen LogP contribution in [0.5, 0.6) is 0 Å². The van der Waals surface area contributed by atoms with Crippen LogP contribution in [0.15, 0.2) is 18.2 Å². The second-order valence-corrected chi connectivity index (χ2v) is 4.12. The Bertz CT molecular complexity index is 383. The Balaban J connectivity index is 2.15. The lowest BCUT2D eigenvalue weighted by molar-refractivity contribution is 0.0695. The van der Waals surface area contributed by atoms with E-state index in [9.17, 15) is 4.79 Å². The van der Waals surface area contributed by atoms with Gasteiger partial charge in [0.15, 0.2) is 0 Å². The molecule has 0 aliphatic heterocycles. The van der Waals surface area contributed by atoms with Crippen molar-refractivity contribution in [3.63, 3.8) is 0 Å². The van der Waals surface area contributed by atoms with E-state index >= 15 is 0 Å². The van der Waals surface area contributed by atoms with E-state index < -0.39 is 5.97 Å². The van der Waals surface area contributed by atoms with Gasteiger partial charge in [0, 0.05) is 12.6 Å². The molecule has 0 radical (unpaired) electrons. The maximum Gasteiger partial charge on any atom is 0.336 e. The van der Waals surface area contributed by atoms with Crippen LogP contribution in [0.4, 0.5) is 0 Å². The minimum atomic E-state index is -0.841. The fourth-order valence-corrected chi connectivity index (χ4v) is 1.59. The van der Waals surface area contributed by atoms with Gasteiger partial charge in [-0.3, -0.25) is 0 Å². The summed E-state index contributed by atoms with van der Waals surface area (Å²) in [5.41, 5.74) is 2.28. The Morgan fingerprint density at radius 2 is 2.27 bits per heavy atom. The molecular weight excluding hydrogens is 190 g/mol. The molecule has 1 fully saturated rings. The Morgan fingerprint density at radius 3 is 2.87 bits per heavy atom. The largest absolute Gasteiger partial charge is 0.478 e. The highest BCUT2D eigenvalue weighted by Gasteiger charge is 2.21. The smallest absolute Gasteiger partial charge is 0.336 e. The molecule has 1 aromatic rings. The molecule has 0 aromatic heterocycles. The van der Waals surface area contributed by atoms with Crippen molar-refractivity contribution in [1.29, 1.82) is 0 Å². The fraction of sp³-hybridized carbons (Fsp3) is 0.417. The average molecular weight is 205 g/mol. The minimum absolute atomic E-state index is 0.420. The Labute approximate surface area is 89.1 Å². The van der Waals surface area contributed by atoms with Gasteiger partial charge >= 0.3 is 5.97 Å². The zero-order valence-electron chi connectivity index (χ0n) is 8.79. The first kappa shape index (κ1) is 10.2. The molecule has 3 heteroatoms. The number of carbonyl (C=O) groups is 1. The normalized spacial score (nSPS) is 15.3. The predicted molar refractivity (Wildman–Crippen MR) is 58.0 cm³/mol. The number of carboxylic acids is 1. The molecule has 0 amide bonds. The van der Waals surface area contributed by atoms with Gasteiger partial charge in [0.1, 0.15) is 0 Å². The van der Waals surface area contributed by atoms with Gasteiger partial charge < -0.3 is 10.4 Å². The Morgan fingerprint density at radius 1 is 1.53 bits per heavy atom. The van der Waals surface area contributed by atoms with Gasteiger partial charge in [0.25, 0.3) is 0 Å². The van der Waals surface area contributed by atoms with Crippen molar-refractivity contribution in [3.05, 3.63) is 34.9 Å². The number of nitrogens with one attached hydrogen (secondary N) is 1. The molecule has 1 aliphatic rings. The fourth-order valence-electron chi connectivity index (χ4n) is 1.59. The SMILES string of the molecule is Cc1ccc(CNC2CC2)c(C(=O)O)c1. The summed E-state index contributed by atoms with van der Waals surface area (Å²) < 4.78 is 0. The number of hydrogen-bond donors (Lipinski definition) is 2. The van der Waals surface area contributed by atoms with Gasteiger partial charge in [-0.15, -0.1) is 0 Å². The van der Waals surface area contributed by atoms with E-state index in [-0.39, 0.29) is 0 Å². The van der Waals surface area contributed by atoms with Gasteiger partial charge in [0.05, 0.1) is 5.56 Å². The molecule has 1 saturated carbocycles. The number of hydrogen-bond acceptors (Lipinski definition) is 2. The van der Waals surface area contributed by atoms with Gasteiger partial charge in [0.2, 0.25) is 0 Å². The van der Waals surface area contributed by atoms with Crippen LogP contribution in [-0.2, 0) is 6.54 Å². The van der Waals surface area contributed by atoms with Crippen molar-refractivity contribution in [1.82, 2.24) is 5.32 Å². The third-order valence-electron chi connectivity index (χ3n) is 2.65. The van der Waals surface area contributed by atoms with Crippen molar-refractivity contribution in [2.45, 2.75) is 32.4 Å². The molecule has 15 heavy (non-hydrogen) atoms. The quantitative estimate of drug-likeness (QED) is 0.789. The van der Waals surface area contributed by atoms with Gasteiger partial charge in [-0.25, -0.2) is 4.79 Å². The summed E-state index contributed by atoms with van der Waals surface area (Å²) >= 11 is 0. The van der Waals surface area contributed by atoms with Crippen LogP contribution < -0.4 is 5.32 Å². The molecular formula is C12H15NO2. The number of benzene rings is 1. The standard InChI is InChI=1S/C12H15NO2/c1-8-2-3-9(7-13-10-4-5-10)11(6-8)12(14)15/h2-3,6,10,13H,4-5,7H2,1H3,(H,14,15). The molecule has 1 aliphatic carbocycles. The van der Waals surface area contributed by atoms with Crippen LogP contribution >= 0.6 is 0 Å². The van der Waals surface area contributed by atoms with E-state index in [0.29, 0.717) is 18.2 Å². The summed E-state index contributed by atoms with van der Waals surface area (Å²) in [6.45, 7) is 2.57. The molecule has 0 unspecified atom stereocenters. The third-order valence-corrected chi connectivity index (χ3v) is 2.65. The summed E-state index contributed by atoms with van der Waals surface area (Å²) in [5, 5.41) is 12.4. The summed E-state index contributed by atoms with van der Waals surface area (Å²) in [5.74, 6) is -0.841. The highest BCUT2D eigenvalue weighted by atomic mass is 16.4. The molecule has 3 nitrogen and oxygen atoms in total. The van der Waals surface area contributed by atoms with Crippen LogP contribution in [-0.4, -0.2) is 17.1 Å². The molecule has 80 valence electrons. The molecule has 2 rings (SSSR count). The number of rotatable bonds is 4. The summed E-state index contributed by atoms with van der Waals surface area (Å²) in [6.07, 6.45) is 2.43. The molecule has 0 saturated heterocycles. The lowest BCUT2D eigenvalue weighted by atomic mass is 10.0.